The van der Waals surface area contributed by atoms with Crippen LogP contribution < -0.4 is 25.4 Å². The number of rotatable bonds is 3. The van der Waals surface area contributed by atoms with Gasteiger partial charge in [0.2, 0.25) is 0 Å². The first-order chi connectivity index (χ1) is 13.6. The van der Waals surface area contributed by atoms with Crippen molar-refractivity contribution in [3.8, 4) is 23.6 Å². The molecule has 7 heteroatoms. The highest BCUT2D eigenvalue weighted by molar-refractivity contribution is 5.86. The van der Waals surface area contributed by atoms with Gasteiger partial charge in [-0.1, -0.05) is 18.2 Å². The number of anilines is 2. The van der Waals surface area contributed by atoms with Crippen molar-refractivity contribution < 1.29 is 9.47 Å². The van der Waals surface area contributed by atoms with E-state index in [1.165, 1.54) is 7.11 Å². The number of nitrogens with zero attached hydrogens (tertiary/aromatic N) is 3. The Morgan fingerprint density at radius 2 is 1.79 bits per heavy atom. The molecule has 0 bridgehead atoms. The monoisotopic (exact) mass is 371 g/mol. The van der Waals surface area contributed by atoms with Gasteiger partial charge in [0.05, 0.1) is 54.8 Å². The number of methoxy groups -OCH3 is 2. The molecule has 0 aliphatic carbocycles. The molecule has 2 aliphatic heterocycles. The maximum Gasteiger partial charge on any atom is 0.131 e. The third-order valence-corrected chi connectivity index (χ3v) is 4.96. The summed E-state index contributed by atoms with van der Waals surface area (Å²) in [5.74, 6) is 1.33. The number of hydrogen-bond acceptors (Lipinski definition) is 7. The fraction of sp³-hybridized carbons (Fsp3) is 0.143. The molecule has 0 spiro atoms. The topological polar surface area (TPSA) is 107 Å². The van der Waals surface area contributed by atoms with E-state index >= 15 is 0 Å². The van der Waals surface area contributed by atoms with Gasteiger partial charge < -0.3 is 20.5 Å². The Bertz CT molecular complexity index is 1120. The summed E-state index contributed by atoms with van der Waals surface area (Å²) in [6.07, 6.45) is 0. The van der Waals surface area contributed by atoms with Crippen molar-refractivity contribution in [1.29, 1.82) is 10.5 Å². The van der Waals surface area contributed by atoms with Crippen LogP contribution in [0.25, 0.3) is 0 Å². The number of para-hydroxylation sites is 2. The van der Waals surface area contributed by atoms with E-state index in [0.717, 1.165) is 11.4 Å². The van der Waals surface area contributed by atoms with Crippen LogP contribution in [-0.2, 0) is 0 Å². The summed E-state index contributed by atoms with van der Waals surface area (Å²) in [7, 11) is 3.10. The Morgan fingerprint density at radius 3 is 2.46 bits per heavy atom. The van der Waals surface area contributed by atoms with Gasteiger partial charge in [0.1, 0.15) is 23.1 Å². The molecule has 0 saturated carbocycles. The Balaban J connectivity index is 1.97. The summed E-state index contributed by atoms with van der Waals surface area (Å²) in [6.45, 7) is 0. The summed E-state index contributed by atoms with van der Waals surface area (Å²) >= 11 is 0. The van der Waals surface area contributed by atoms with Crippen molar-refractivity contribution in [2.45, 2.75) is 5.92 Å². The van der Waals surface area contributed by atoms with Gasteiger partial charge in [0.15, 0.2) is 0 Å². The van der Waals surface area contributed by atoms with Crippen LogP contribution in [0.15, 0.2) is 65.3 Å². The van der Waals surface area contributed by atoms with Crippen LogP contribution >= 0.6 is 0 Å². The van der Waals surface area contributed by atoms with Crippen LogP contribution in [0, 0.1) is 22.7 Å². The maximum absolute atomic E-state index is 10.00. The second-order valence-corrected chi connectivity index (χ2v) is 6.30. The lowest BCUT2D eigenvalue weighted by Crippen LogP contribution is -2.34. The SMILES string of the molecule is COc1ccc(C2C(C#N)=C(N)N3C(=C2C#N)Nc2ccccc23)c(OC)c1. The molecule has 0 amide bonds. The Hall–Kier alpha value is -4.10. The van der Waals surface area contributed by atoms with Gasteiger partial charge in [0.25, 0.3) is 0 Å². The minimum Gasteiger partial charge on any atom is -0.497 e. The lowest BCUT2D eigenvalue weighted by atomic mass is 9.82. The molecule has 28 heavy (non-hydrogen) atoms. The predicted molar refractivity (Wildman–Crippen MR) is 104 cm³/mol. The van der Waals surface area contributed by atoms with Crippen molar-refractivity contribution in [2.75, 3.05) is 24.4 Å². The molecule has 0 radical (unpaired) electrons. The van der Waals surface area contributed by atoms with E-state index in [-0.39, 0.29) is 5.82 Å². The van der Waals surface area contributed by atoms with Gasteiger partial charge >= 0.3 is 0 Å². The maximum atomic E-state index is 10.00. The van der Waals surface area contributed by atoms with Crippen molar-refractivity contribution in [2.24, 2.45) is 5.73 Å². The highest BCUT2D eigenvalue weighted by Crippen LogP contribution is 2.49. The summed E-state index contributed by atoms with van der Waals surface area (Å²) in [5.41, 5.74) is 9.40. The molecule has 7 nitrogen and oxygen atoms in total. The van der Waals surface area contributed by atoms with E-state index in [2.05, 4.69) is 17.5 Å². The molecular formula is C21H17N5O2. The van der Waals surface area contributed by atoms with Crippen LogP contribution in [0.2, 0.25) is 0 Å². The smallest absolute Gasteiger partial charge is 0.131 e. The number of benzene rings is 2. The zero-order valence-electron chi connectivity index (χ0n) is 15.4. The highest BCUT2D eigenvalue weighted by atomic mass is 16.5. The highest BCUT2D eigenvalue weighted by Gasteiger charge is 2.41. The van der Waals surface area contributed by atoms with Crippen LogP contribution in [0.4, 0.5) is 11.4 Å². The fourth-order valence-electron chi connectivity index (χ4n) is 3.67. The van der Waals surface area contributed by atoms with Crippen LogP contribution in [-0.4, -0.2) is 14.2 Å². The second-order valence-electron chi connectivity index (χ2n) is 6.30. The first-order valence-corrected chi connectivity index (χ1v) is 8.56. The number of nitrogens with one attached hydrogen (secondary N) is 1. The largest absolute Gasteiger partial charge is 0.497 e. The molecule has 2 aromatic rings. The lowest BCUT2D eigenvalue weighted by molar-refractivity contribution is 0.390. The van der Waals surface area contributed by atoms with E-state index in [1.54, 1.807) is 30.2 Å². The minimum atomic E-state index is -0.649. The summed E-state index contributed by atoms with van der Waals surface area (Å²) in [4.78, 5) is 1.72. The first kappa shape index (κ1) is 17.3. The van der Waals surface area contributed by atoms with Gasteiger partial charge in [-0.3, -0.25) is 4.90 Å². The fourth-order valence-corrected chi connectivity index (χ4v) is 3.67. The van der Waals surface area contributed by atoms with E-state index < -0.39 is 5.92 Å². The van der Waals surface area contributed by atoms with Crippen molar-refractivity contribution in [1.82, 2.24) is 0 Å². The molecular weight excluding hydrogens is 354 g/mol. The molecule has 0 aromatic heterocycles. The number of hydrogen-bond donors (Lipinski definition) is 2. The van der Waals surface area contributed by atoms with Gasteiger partial charge in [-0.25, -0.2) is 0 Å². The van der Waals surface area contributed by atoms with Gasteiger partial charge in [-0.15, -0.1) is 0 Å². The Kier molecular flexibility index (Phi) is 4.06. The zero-order chi connectivity index (χ0) is 19.8. The van der Waals surface area contributed by atoms with Gasteiger partial charge in [-0.2, -0.15) is 10.5 Å². The van der Waals surface area contributed by atoms with Crippen LogP contribution in [0.5, 0.6) is 11.5 Å². The Labute approximate surface area is 162 Å². The normalized spacial score (nSPS) is 17.3. The molecule has 3 N–H and O–H groups in total. The minimum absolute atomic E-state index is 0.289. The van der Waals surface area contributed by atoms with Crippen LogP contribution in [0.1, 0.15) is 11.5 Å². The van der Waals surface area contributed by atoms with Crippen molar-refractivity contribution >= 4 is 11.4 Å². The standard InChI is InChI=1S/C21H17N5O2/c1-27-12-7-8-13(18(9-12)28-2)19-14(10-22)20(24)26-17-6-4-3-5-16(17)25-21(26)15(19)11-23/h3-9,19,25H,24H2,1-2H3. The zero-order valence-corrected chi connectivity index (χ0v) is 15.4. The number of allylic oxidation sites excluding steroid dienone is 2. The quantitative estimate of drug-likeness (QED) is 0.853. The third kappa shape index (κ3) is 2.34. The number of nitriles is 2. The van der Waals surface area contributed by atoms with E-state index in [0.29, 0.717) is 34.0 Å². The third-order valence-electron chi connectivity index (χ3n) is 4.96. The van der Waals surface area contributed by atoms with Crippen LogP contribution in [0.3, 0.4) is 0 Å². The average Bonchev–Trinajstić information content (AvgIpc) is 3.12. The van der Waals surface area contributed by atoms with E-state index in [1.807, 2.05) is 24.3 Å². The van der Waals surface area contributed by atoms with Gasteiger partial charge in [-0.05, 0) is 18.2 Å². The first-order valence-electron chi connectivity index (χ1n) is 8.56. The lowest BCUT2D eigenvalue weighted by Gasteiger charge is -2.32. The number of ether oxygens (including phenoxy) is 2. The number of fused-ring (bicyclic) bond motifs is 3. The van der Waals surface area contributed by atoms with E-state index in [4.69, 9.17) is 15.2 Å². The average molecular weight is 371 g/mol. The van der Waals surface area contributed by atoms with Crippen molar-refractivity contribution in [3.63, 3.8) is 0 Å². The molecule has 2 aliphatic rings. The van der Waals surface area contributed by atoms with Gasteiger partial charge in [0, 0.05) is 11.6 Å². The predicted octanol–water partition coefficient (Wildman–Crippen LogP) is 3.16. The summed E-state index contributed by atoms with van der Waals surface area (Å²) in [6, 6.07) is 17.3. The molecule has 1 atom stereocenters. The molecule has 4 rings (SSSR count). The molecule has 1 unspecified atom stereocenters. The van der Waals surface area contributed by atoms with E-state index in [9.17, 15) is 10.5 Å². The summed E-state index contributed by atoms with van der Waals surface area (Å²) < 4.78 is 10.8. The second kappa shape index (κ2) is 6.57. The number of nitrogens with two attached hydrogens (primary N) is 1. The Morgan fingerprint density at radius 1 is 1.04 bits per heavy atom. The summed E-state index contributed by atoms with van der Waals surface area (Å²) in [5, 5.41) is 23.2. The molecule has 2 heterocycles. The molecule has 2 aromatic carbocycles. The molecule has 0 fully saturated rings. The molecule has 0 saturated heterocycles. The molecule has 138 valence electrons. The van der Waals surface area contributed by atoms with Crippen molar-refractivity contribution in [3.05, 3.63) is 70.8 Å².